The van der Waals surface area contributed by atoms with Crippen molar-refractivity contribution < 1.29 is 13.2 Å². The summed E-state index contributed by atoms with van der Waals surface area (Å²) in [6, 6.07) is 0. The van der Waals surface area contributed by atoms with Gasteiger partial charge >= 0.3 is 6.18 Å². The second-order valence-electron chi connectivity index (χ2n) is 8.05. The lowest BCUT2D eigenvalue weighted by Crippen LogP contribution is -2.35. The van der Waals surface area contributed by atoms with Crippen LogP contribution in [-0.2, 0) is 0 Å². The van der Waals surface area contributed by atoms with Crippen LogP contribution in [0.15, 0.2) is 0 Å². The molecule has 7 nitrogen and oxygen atoms in total. The van der Waals surface area contributed by atoms with Gasteiger partial charge in [-0.3, -0.25) is 0 Å². The van der Waals surface area contributed by atoms with E-state index >= 15 is 0 Å². The minimum atomic E-state index is -4.33. The Bertz CT molecular complexity index is 599. The number of piperidine rings is 1. The fourth-order valence-electron chi connectivity index (χ4n) is 3.17. The van der Waals surface area contributed by atoms with Gasteiger partial charge in [0.15, 0.2) is 0 Å². The molecule has 2 N–H and O–H groups in total. The Morgan fingerprint density at radius 2 is 1.48 bits per heavy atom. The van der Waals surface area contributed by atoms with Crippen LogP contribution in [0.3, 0.4) is 0 Å². The van der Waals surface area contributed by atoms with E-state index in [1.165, 1.54) is 0 Å². The summed E-state index contributed by atoms with van der Waals surface area (Å²) in [5.41, 5.74) is -0.0546. The number of hydrogen-bond donors (Lipinski definition) is 2. The first-order valence-corrected chi connectivity index (χ1v) is 9.24. The molecule has 0 aromatic carbocycles. The summed E-state index contributed by atoms with van der Waals surface area (Å²) in [4.78, 5) is 16.9. The summed E-state index contributed by atoms with van der Waals surface area (Å²) in [5, 5.41) is 5.44. The molecule has 1 aliphatic heterocycles. The zero-order valence-electron chi connectivity index (χ0n) is 16.5. The summed E-state index contributed by atoms with van der Waals surface area (Å²) in [6.07, 6.45) is -1.14. The van der Waals surface area contributed by atoms with Gasteiger partial charge in [0.25, 0.3) is 0 Å². The second-order valence-corrected chi connectivity index (χ2v) is 8.05. The first-order valence-electron chi connectivity index (χ1n) is 9.24. The number of rotatable bonds is 8. The predicted octanol–water partition coefficient (Wildman–Crippen LogP) is 2.84. The highest BCUT2D eigenvalue weighted by atomic mass is 19.4. The van der Waals surface area contributed by atoms with Gasteiger partial charge < -0.3 is 20.4 Å². The van der Waals surface area contributed by atoms with Crippen LogP contribution in [0, 0.1) is 5.41 Å². The smallest absolute Gasteiger partial charge is 0.353 e. The molecule has 2 rings (SSSR count). The van der Waals surface area contributed by atoms with Crippen LogP contribution in [0.1, 0.15) is 33.1 Å². The number of nitrogens with zero attached hydrogens (tertiary/aromatic N) is 5. The minimum absolute atomic E-state index is 0.0546. The van der Waals surface area contributed by atoms with E-state index in [9.17, 15) is 13.2 Å². The Balaban J connectivity index is 2.15. The van der Waals surface area contributed by atoms with Crippen molar-refractivity contribution in [1.82, 2.24) is 19.9 Å². The van der Waals surface area contributed by atoms with Crippen molar-refractivity contribution >= 4 is 17.8 Å². The number of alkyl halides is 3. The average molecular weight is 389 g/mol. The van der Waals surface area contributed by atoms with E-state index < -0.39 is 12.7 Å². The molecule has 0 saturated carbocycles. The Labute approximate surface area is 158 Å². The van der Waals surface area contributed by atoms with Gasteiger partial charge in [-0.25, -0.2) is 0 Å². The largest absolute Gasteiger partial charge is 0.405 e. The zero-order chi connectivity index (χ0) is 20.1. The number of aromatic nitrogens is 3. The monoisotopic (exact) mass is 389 g/mol. The van der Waals surface area contributed by atoms with E-state index in [-0.39, 0.29) is 11.4 Å². The summed E-state index contributed by atoms with van der Waals surface area (Å²) in [6.45, 7) is 6.08. The van der Waals surface area contributed by atoms with Crippen LogP contribution in [0.2, 0.25) is 0 Å². The Morgan fingerprint density at radius 3 is 2.00 bits per heavy atom. The second kappa shape index (κ2) is 8.90. The van der Waals surface area contributed by atoms with Crippen LogP contribution in [-0.4, -0.2) is 72.8 Å². The molecular weight excluding hydrogens is 359 g/mol. The van der Waals surface area contributed by atoms with E-state index in [4.69, 9.17) is 0 Å². The van der Waals surface area contributed by atoms with Crippen LogP contribution in [0.4, 0.5) is 31.0 Å². The first kappa shape index (κ1) is 21.5. The molecule has 27 heavy (non-hydrogen) atoms. The summed E-state index contributed by atoms with van der Waals surface area (Å²) in [5.74, 6) is 0.653. The molecule has 2 heterocycles. The van der Waals surface area contributed by atoms with Gasteiger partial charge in [0, 0.05) is 26.2 Å². The minimum Gasteiger partial charge on any atom is -0.353 e. The lowest BCUT2D eigenvalue weighted by atomic mass is 9.93. The third-order valence-electron chi connectivity index (χ3n) is 4.18. The maximum absolute atomic E-state index is 12.6. The normalized spacial score (nSPS) is 15.9. The molecule has 0 atom stereocenters. The van der Waals surface area contributed by atoms with Gasteiger partial charge in [0.05, 0.1) is 0 Å². The van der Waals surface area contributed by atoms with Gasteiger partial charge in [-0.2, -0.15) is 28.1 Å². The maximum Gasteiger partial charge on any atom is 0.405 e. The fourth-order valence-corrected chi connectivity index (χ4v) is 3.17. The molecule has 1 aliphatic rings. The highest BCUT2D eigenvalue weighted by Gasteiger charge is 2.28. The molecule has 0 amide bonds. The van der Waals surface area contributed by atoms with E-state index in [0.717, 1.165) is 38.9 Å². The summed E-state index contributed by atoms with van der Waals surface area (Å²) in [7, 11) is 4.00. The topological polar surface area (TPSA) is 69.2 Å². The van der Waals surface area contributed by atoms with Gasteiger partial charge in [-0.1, -0.05) is 13.8 Å². The van der Waals surface area contributed by atoms with Crippen molar-refractivity contribution in [3.8, 4) is 0 Å². The number of hydrogen-bond acceptors (Lipinski definition) is 7. The highest BCUT2D eigenvalue weighted by Crippen LogP contribution is 2.22. The molecule has 0 unspecified atom stereocenters. The predicted molar refractivity (Wildman–Crippen MR) is 101 cm³/mol. The molecule has 1 fully saturated rings. The Kier molecular flexibility index (Phi) is 7.07. The molecule has 1 aromatic heterocycles. The standard InChI is InChI=1S/C17H30F3N7/c1-16(2,12-26(3)4)10-21-13-23-14(22-11-17(18,19)20)25-15(24-13)27-8-6-5-7-9-27/h5-12H2,1-4H3,(H2,21,22,23,24,25). The Morgan fingerprint density at radius 1 is 0.926 bits per heavy atom. The van der Waals surface area contributed by atoms with Gasteiger partial charge in [0.1, 0.15) is 6.54 Å². The van der Waals surface area contributed by atoms with Crippen LogP contribution in [0.25, 0.3) is 0 Å². The maximum atomic E-state index is 12.6. The molecule has 10 heteroatoms. The van der Waals surface area contributed by atoms with E-state index in [1.807, 2.05) is 19.0 Å². The van der Waals surface area contributed by atoms with Crippen LogP contribution in [0.5, 0.6) is 0 Å². The van der Waals surface area contributed by atoms with E-state index in [1.54, 1.807) is 0 Å². The number of nitrogens with one attached hydrogen (secondary N) is 2. The molecule has 0 radical (unpaired) electrons. The van der Waals surface area contributed by atoms with Crippen molar-refractivity contribution in [3.63, 3.8) is 0 Å². The molecule has 0 bridgehead atoms. The van der Waals surface area contributed by atoms with Crippen molar-refractivity contribution in [2.24, 2.45) is 5.41 Å². The van der Waals surface area contributed by atoms with Crippen molar-refractivity contribution in [3.05, 3.63) is 0 Å². The van der Waals surface area contributed by atoms with E-state index in [0.29, 0.717) is 18.4 Å². The zero-order valence-corrected chi connectivity index (χ0v) is 16.5. The summed E-state index contributed by atoms with van der Waals surface area (Å²) < 4.78 is 37.7. The number of anilines is 3. The van der Waals surface area contributed by atoms with E-state index in [2.05, 4.69) is 44.3 Å². The van der Waals surface area contributed by atoms with Crippen molar-refractivity contribution in [2.75, 3.05) is 62.4 Å². The molecule has 0 spiro atoms. The Hall–Kier alpha value is -1.84. The molecular formula is C17H30F3N7. The molecule has 1 saturated heterocycles. The fraction of sp³-hybridized carbons (Fsp3) is 0.824. The van der Waals surface area contributed by atoms with Crippen LogP contribution < -0.4 is 15.5 Å². The highest BCUT2D eigenvalue weighted by molar-refractivity contribution is 5.44. The quantitative estimate of drug-likeness (QED) is 0.708. The molecule has 154 valence electrons. The lowest BCUT2D eigenvalue weighted by Gasteiger charge is -2.29. The molecule has 1 aromatic rings. The van der Waals surface area contributed by atoms with Crippen molar-refractivity contribution in [1.29, 1.82) is 0 Å². The van der Waals surface area contributed by atoms with Gasteiger partial charge in [0.2, 0.25) is 17.8 Å². The SMILES string of the molecule is CN(C)CC(C)(C)CNc1nc(NCC(F)(F)F)nc(N2CCCCC2)n1. The third-order valence-corrected chi connectivity index (χ3v) is 4.18. The lowest BCUT2D eigenvalue weighted by molar-refractivity contribution is -0.115. The van der Waals surface area contributed by atoms with Gasteiger partial charge in [-0.05, 0) is 38.8 Å². The first-order chi connectivity index (χ1) is 12.5. The average Bonchev–Trinajstić information content (AvgIpc) is 2.57. The van der Waals surface area contributed by atoms with Gasteiger partial charge in [-0.15, -0.1) is 0 Å². The molecule has 0 aliphatic carbocycles. The number of halogens is 3. The third kappa shape index (κ3) is 7.74. The van der Waals surface area contributed by atoms with Crippen LogP contribution >= 0.6 is 0 Å². The van der Waals surface area contributed by atoms with Crippen molar-refractivity contribution in [2.45, 2.75) is 39.3 Å². The summed E-state index contributed by atoms with van der Waals surface area (Å²) >= 11 is 0.